The van der Waals surface area contributed by atoms with Gasteiger partial charge in [-0.1, -0.05) is 56.3 Å². The van der Waals surface area contributed by atoms with Gasteiger partial charge in [0.25, 0.3) is 0 Å². The van der Waals surface area contributed by atoms with E-state index < -0.39 is 0 Å². The summed E-state index contributed by atoms with van der Waals surface area (Å²) >= 11 is 0. The third-order valence-corrected chi connectivity index (χ3v) is 4.23. The lowest BCUT2D eigenvalue weighted by atomic mass is 10.0. The molecule has 1 unspecified atom stereocenters. The predicted octanol–water partition coefficient (Wildman–Crippen LogP) is 4.16. The van der Waals surface area contributed by atoms with E-state index in [1.807, 2.05) is 25.1 Å². The summed E-state index contributed by atoms with van der Waals surface area (Å²) in [5.74, 6) is 0.714. The van der Waals surface area contributed by atoms with Crippen LogP contribution in [0.15, 0.2) is 70.8 Å². The lowest BCUT2D eigenvalue weighted by Gasteiger charge is -2.24. The highest BCUT2D eigenvalue weighted by Gasteiger charge is 2.18. The molecule has 134 valence electrons. The average molecular weight is 350 g/mol. The molecule has 3 rings (SSSR count). The average Bonchev–Trinajstić information content (AvgIpc) is 2.67. The number of hydrogen-bond donors (Lipinski definition) is 2. The van der Waals surface area contributed by atoms with Gasteiger partial charge in [0.2, 0.25) is 5.96 Å². The molecule has 1 aliphatic rings. The van der Waals surface area contributed by atoms with Gasteiger partial charge in [-0.15, -0.1) is 0 Å². The van der Waals surface area contributed by atoms with Crippen LogP contribution in [-0.4, -0.2) is 17.7 Å². The number of nitrogens with zero attached hydrogens (tertiary/aromatic N) is 2. The Morgan fingerprint density at radius 1 is 1.12 bits per heavy atom. The summed E-state index contributed by atoms with van der Waals surface area (Å²) in [6, 6.07) is 16.5. The van der Waals surface area contributed by atoms with Crippen LogP contribution in [0.25, 0.3) is 5.70 Å². The lowest BCUT2D eigenvalue weighted by Crippen LogP contribution is -2.38. The predicted molar refractivity (Wildman–Crippen MR) is 105 cm³/mol. The van der Waals surface area contributed by atoms with Gasteiger partial charge in [0.1, 0.15) is 5.82 Å². The molecule has 0 saturated heterocycles. The molecule has 0 aliphatic carbocycles. The number of nitrogens with one attached hydrogen (secondary N) is 2. The Balaban J connectivity index is 1.78. The van der Waals surface area contributed by atoms with E-state index in [2.05, 4.69) is 52.9 Å². The number of hydrazone groups is 1. The van der Waals surface area contributed by atoms with E-state index in [1.54, 1.807) is 12.1 Å². The van der Waals surface area contributed by atoms with Crippen LogP contribution in [-0.2, 0) is 0 Å². The summed E-state index contributed by atoms with van der Waals surface area (Å²) in [6.45, 7) is 6.16. The third-order valence-electron chi connectivity index (χ3n) is 4.23. The number of rotatable bonds is 4. The second-order valence-corrected chi connectivity index (χ2v) is 6.60. The Kier molecular flexibility index (Phi) is 5.46. The van der Waals surface area contributed by atoms with E-state index in [9.17, 15) is 4.39 Å². The van der Waals surface area contributed by atoms with Crippen molar-refractivity contribution in [1.82, 2.24) is 10.7 Å². The van der Waals surface area contributed by atoms with Crippen LogP contribution < -0.4 is 10.7 Å². The monoisotopic (exact) mass is 350 g/mol. The van der Waals surface area contributed by atoms with Gasteiger partial charge in [0.15, 0.2) is 0 Å². The molecule has 26 heavy (non-hydrogen) atoms. The van der Waals surface area contributed by atoms with Crippen molar-refractivity contribution in [1.29, 1.82) is 0 Å². The Morgan fingerprint density at radius 3 is 2.46 bits per heavy atom. The van der Waals surface area contributed by atoms with Gasteiger partial charge in [-0.05, 0) is 42.2 Å². The maximum absolute atomic E-state index is 13.1. The van der Waals surface area contributed by atoms with Crippen molar-refractivity contribution in [2.75, 3.05) is 0 Å². The highest BCUT2D eigenvalue weighted by molar-refractivity contribution is 6.00. The van der Waals surface area contributed by atoms with Gasteiger partial charge in [-0.25, -0.2) is 14.8 Å². The second-order valence-electron chi connectivity index (χ2n) is 6.60. The molecule has 0 saturated carbocycles. The van der Waals surface area contributed by atoms with Gasteiger partial charge >= 0.3 is 0 Å². The fourth-order valence-electron chi connectivity index (χ4n) is 2.64. The summed E-state index contributed by atoms with van der Waals surface area (Å²) in [5.41, 5.74) is 6.74. The zero-order valence-corrected chi connectivity index (χ0v) is 15.2. The van der Waals surface area contributed by atoms with Crippen LogP contribution in [0.5, 0.6) is 0 Å². The normalized spacial score (nSPS) is 17.4. The van der Waals surface area contributed by atoms with E-state index in [-0.39, 0.29) is 11.9 Å². The molecule has 0 amide bonds. The molecule has 2 N–H and O–H groups in total. The van der Waals surface area contributed by atoms with E-state index >= 15 is 0 Å². The molecule has 4 nitrogen and oxygen atoms in total. The Labute approximate surface area is 153 Å². The molecular formula is C21H23FN4. The molecule has 1 heterocycles. The SMILES string of the molecule is C/C(=N\NC1=NC(C(C)C)C=C(c2ccccc2)N1)c1ccc(F)cc1. The number of halogens is 1. The van der Waals surface area contributed by atoms with E-state index in [0.29, 0.717) is 11.9 Å². The van der Waals surface area contributed by atoms with Gasteiger partial charge in [-0.2, -0.15) is 5.10 Å². The highest BCUT2D eigenvalue weighted by atomic mass is 19.1. The zero-order valence-electron chi connectivity index (χ0n) is 15.2. The third kappa shape index (κ3) is 4.36. The van der Waals surface area contributed by atoms with Crippen LogP contribution in [0.2, 0.25) is 0 Å². The Hall–Kier alpha value is -2.95. The maximum atomic E-state index is 13.1. The van der Waals surface area contributed by atoms with E-state index in [1.165, 1.54) is 12.1 Å². The number of guanidine groups is 1. The minimum absolute atomic E-state index is 0.0651. The smallest absolute Gasteiger partial charge is 0.217 e. The number of benzene rings is 2. The highest BCUT2D eigenvalue weighted by Crippen LogP contribution is 2.20. The first-order valence-corrected chi connectivity index (χ1v) is 8.71. The first-order valence-electron chi connectivity index (χ1n) is 8.71. The molecule has 0 bridgehead atoms. The van der Waals surface area contributed by atoms with Crippen molar-refractivity contribution >= 4 is 17.4 Å². The van der Waals surface area contributed by atoms with Crippen LogP contribution >= 0.6 is 0 Å². The van der Waals surface area contributed by atoms with Gasteiger partial charge < -0.3 is 5.32 Å². The fraction of sp³-hybridized carbons (Fsp3) is 0.238. The van der Waals surface area contributed by atoms with Gasteiger partial charge in [-0.3, -0.25) is 0 Å². The number of hydrogen-bond acceptors (Lipinski definition) is 4. The van der Waals surface area contributed by atoms with Crippen LogP contribution in [0, 0.1) is 11.7 Å². The first kappa shape index (κ1) is 17.9. The Bertz CT molecular complexity index is 836. The Morgan fingerprint density at radius 2 is 1.81 bits per heavy atom. The quantitative estimate of drug-likeness (QED) is 0.642. The second kappa shape index (κ2) is 7.95. The molecule has 0 aromatic heterocycles. The van der Waals surface area contributed by atoms with E-state index in [4.69, 9.17) is 0 Å². The summed E-state index contributed by atoms with van der Waals surface area (Å²) in [7, 11) is 0. The molecule has 0 fully saturated rings. The first-order chi connectivity index (χ1) is 12.5. The maximum Gasteiger partial charge on any atom is 0.217 e. The van der Waals surface area contributed by atoms with Crippen molar-refractivity contribution < 1.29 is 4.39 Å². The molecule has 1 aliphatic heterocycles. The minimum Gasteiger partial charge on any atom is -0.325 e. The summed E-state index contributed by atoms with van der Waals surface area (Å²) in [5, 5.41) is 7.70. The van der Waals surface area contributed by atoms with Crippen molar-refractivity contribution in [3.63, 3.8) is 0 Å². The molecule has 5 heteroatoms. The van der Waals surface area contributed by atoms with Gasteiger partial charge in [0, 0.05) is 5.70 Å². The fourth-order valence-corrected chi connectivity index (χ4v) is 2.64. The van der Waals surface area contributed by atoms with Crippen molar-refractivity contribution in [3.05, 3.63) is 77.6 Å². The molecule has 1 atom stereocenters. The molecular weight excluding hydrogens is 327 g/mol. The molecule has 0 spiro atoms. The minimum atomic E-state index is -0.259. The molecule has 2 aromatic rings. The summed E-state index contributed by atoms with van der Waals surface area (Å²) < 4.78 is 13.1. The van der Waals surface area contributed by atoms with Gasteiger partial charge in [0.05, 0.1) is 11.8 Å². The van der Waals surface area contributed by atoms with Crippen LogP contribution in [0.1, 0.15) is 31.9 Å². The molecule has 0 radical (unpaired) electrons. The molecule has 2 aromatic carbocycles. The standard InChI is InChI=1S/C21H23FN4/c1-14(2)19-13-20(17-7-5-4-6-8-17)24-21(23-19)26-25-15(3)16-9-11-18(22)12-10-16/h4-14,19H,1-3H3,(H2,23,24,26)/b25-15+. The largest absolute Gasteiger partial charge is 0.325 e. The van der Waals surface area contributed by atoms with Crippen LogP contribution in [0.4, 0.5) is 4.39 Å². The zero-order chi connectivity index (χ0) is 18.5. The topological polar surface area (TPSA) is 48.8 Å². The van der Waals surface area contributed by atoms with Crippen molar-refractivity contribution in [2.24, 2.45) is 16.0 Å². The van der Waals surface area contributed by atoms with E-state index in [0.717, 1.165) is 22.5 Å². The number of aliphatic imine (C=N–C) groups is 1. The summed E-state index contributed by atoms with van der Waals surface area (Å²) in [6.07, 6.45) is 2.14. The van der Waals surface area contributed by atoms with Crippen molar-refractivity contribution in [2.45, 2.75) is 26.8 Å². The lowest BCUT2D eigenvalue weighted by molar-refractivity contribution is 0.564. The van der Waals surface area contributed by atoms with Crippen molar-refractivity contribution in [3.8, 4) is 0 Å². The van der Waals surface area contributed by atoms with Crippen LogP contribution in [0.3, 0.4) is 0 Å². The summed E-state index contributed by atoms with van der Waals surface area (Å²) in [4.78, 5) is 4.69.